The monoisotopic (exact) mass is 440 g/mol. The summed E-state index contributed by atoms with van der Waals surface area (Å²) in [7, 11) is 0. The maximum atomic E-state index is 12.7. The molecule has 2 N–H and O–H groups in total. The number of carbonyl (C=O) groups is 3. The molecule has 1 saturated heterocycles. The van der Waals surface area contributed by atoms with Gasteiger partial charge in [-0.2, -0.15) is 0 Å². The average molecular weight is 441 g/mol. The van der Waals surface area contributed by atoms with Gasteiger partial charge in [-0.05, 0) is 66.1 Å². The van der Waals surface area contributed by atoms with Gasteiger partial charge in [0.05, 0.1) is 11.5 Å². The van der Waals surface area contributed by atoms with Crippen LogP contribution in [-0.2, 0) is 9.59 Å². The second-order valence-electron chi connectivity index (χ2n) is 7.25. The number of ether oxygens (including phenoxy) is 1. The SMILES string of the molecule is CCOc1cc(/C=C2/SC(=O)N(CC(=O)Nc3ccc(C(C)C)cc3)C2=O)ccc1O. The van der Waals surface area contributed by atoms with Gasteiger partial charge in [0.15, 0.2) is 11.5 Å². The van der Waals surface area contributed by atoms with Crippen LogP contribution < -0.4 is 10.1 Å². The molecule has 1 aliphatic rings. The molecule has 0 unspecified atom stereocenters. The number of amides is 3. The van der Waals surface area contributed by atoms with Crippen LogP contribution in [0.1, 0.15) is 37.8 Å². The fraction of sp³-hybridized carbons (Fsp3) is 0.261. The third kappa shape index (κ3) is 5.46. The molecule has 0 atom stereocenters. The summed E-state index contributed by atoms with van der Waals surface area (Å²) in [6.07, 6.45) is 1.54. The van der Waals surface area contributed by atoms with Gasteiger partial charge < -0.3 is 15.2 Å². The van der Waals surface area contributed by atoms with Crippen LogP contribution in [0.15, 0.2) is 47.4 Å². The van der Waals surface area contributed by atoms with E-state index in [-0.39, 0.29) is 17.2 Å². The van der Waals surface area contributed by atoms with E-state index in [0.29, 0.717) is 29.5 Å². The number of benzene rings is 2. The zero-order valence-electron chi connectivity index (χ0n) is 17.5. The van der Waals surface area contributed by atoms with Gasteiger partial charge in [-0.15, -0.1) is 0 Å². The lowest BCUT2D eigenvalue weighted by Crippen LogP contribution is -2.36. The normalized spacial score (nSPS) is 15.1. The summed E-state index contributed by atoms with van der Waals surface area (Å²) in [6.45, 7) is 5.96. The van der Waals surface area contributed by atoms with E-state index < -0.39 is 17.1 Å². The fourth-order valence-corrected chi connectivity index (χ4v) is 3.81. The molecule has 1 heterocycles. The predicted octanol–water partition coefficient (Wildman–Crippen LogP) is 4.59. The zero-order valence-corrected chi connectivity index (χ0v) is 18.4. The van der Waals surface area contributed by atoms with Crippen molar-refractivity contribution in [2.75, 3.05) is 18.5 Å². The highest BCUT2D eigenvalue weighted by Crippen LogP contribution is 2.34. The van der Waals surface area contributed by atoms with Crippen molar-refractivity contribution in [3.8, 4) is 11.5 Å². The van der Waals surface area contributed by atoms with E-state index in [4.69, 9.17) is 4.74 Å². The highest BCUT2D eigenvalue weighted by atomic mass is 32.2. The number of imide groups is 1. The van der Waals surface area contributed by atoms with Gasteiger partial charge in [0, 0.05) is 5.69 Å². The molecule has 0 saturated carbocycles. The topological polar surface area (TPSA) is 95.9 Å². The summed E-state index contributed by atoms with van der Waals surface area (Å²) in [5.74, 6) is -0.330. The van der Waals surface area contributed by atoms with Crippen molar-refractivity contribution in [1.29, 1.82) is 0 Å². The van der Waals surface area contributed by atoms with E-state index in [1.165, 1.54) is 12.1 Å². The third-order valence-corrected chi connectivity index (χ3v) is 5.53. The maximum Gasteiger partial charge on any atom is 0.294 e. The van der Waals surface area contributed by atoms with Crippen molar-refractivity contribution in [2.24, 2.45) is 0 Å². The first-order valence-corrected chi connectivity index (χ1v) is 10.7. The van der Waals surface area contributed by atoms with Gasteiger partial charge in [0.1, 0.15) is 6.54 Å². The van der Waals surface area contributed by atoms with E-state index in [1.54, 1.807) is 31.2 Å². The standard InChI is InChI=1S/C23H24N2O5S/c1-4-30-19-11-15(5-10-18(19)26)12-20-22(28)25(23(29)31-20)13-21(27)24-17-8-6-16(7-9-17)14(2)3/h5-12,14,26H,4,13H2,1-3H3,(H,24,27)/b20-12+. The van der Waals surface area contributed by atoms with E-state index >= 15 is 0 Å². The number of rotatable bonds is 7. The Kier molecular flexibility index (Phi) is 7.02. The number of phenolic OH excluding ortho intramolecular Hbond substituents is 1. The summed E-state index contributed by atoms with van der Waals surface area (Å²) in [4.78, 5) is 38.4. The first kappa shape index (κ1) is 22.4. The van der Waals surface area contributed by atoms with Crippen LogP contribution in [-0.4, -0.2) is 40.2 Å². The van der Waals surface area contributed by atoms with Crippen molar-refractivity contribution >= 4 is 40.6 Å². The minimum absolute atomic E-state index is 0.00907. The van der Waals surface area contributed by atoms with Gasteiger partial charge in [0.25, 0.3) is 11.1 Å². The number of nitrogens with one attached hydrogen (secondary N) is 1. The summed E-state index contributed by atoms with van der Waals surface area (Å²) < 4.78 is 5.34. The minimum atomic E-state index is -0.536. The molecule has 0 spiro atoms. The molecule has 0 aromatic heterocycles. The molecule has 2 aromatic rings. The van der Waals surface area contributed by atoms with E-state index in [1.807, 2.05) is 12.1 Å². The lowest BCUT2D eigenvalue weighted by atomic mass is 10.0. The zero-order chi connectivity index (χ0) is 22.5. The Labute approximate surface area is 185 Å². The van der Waals surface area contributed by atoms with Crippen molar-refractivity contribution < 1.29 is 24.2 Å². The lowest BCUT2D eigenvalue weighted by Gasteiger charge is -2.13. The Hall–Kier alpha value is -3.26. The van der Waals surface area contributed by atoms with Crippen LogP contribution in [0.4, 0.5) is 10.5 Å². The molecule has 162 valence electrons. The van der Waals surface area contributed by atoms with Crippen LogP contribution in [0.5, 0.6) is 11.5 Å². The van der Waals surface area contributed by atoms with E-state index in [0.717, 1.165) is 22.2 Å². The number of hydrogen-bond acceptors (Lipinski definition) is 6. The molecule has 1 aliphatic heterocycles. The molecule has 1 fully saturated rings. The highest BCUT2D eigenvalue weighted by Gasteiger charge is 2.36. The molecule has 0 aliphatic carbocycles. The summed E-state index contributed by atoms with van der Waals surface area (Å²) >= 11 is 0.769. The second kappa shape index (κ2) is 9.70. The van der Waals surface area contributed by atoms with Crippen LogP contribution >= 0.6 is 11.8 Å². The Balaban J connectivity index is 1.68. The molecular formula is C23H24N2O5S. The maximum absolute atomic E-state index is 12.7. The van der Waals surface area contributed by atoms with Crippen LogP contribution in [0, 0.1) is 0 Å². The number of thioether (sulfide) groups is 1. The van der Waals surface area contributed by atoms with E-state index in [9.17, 15) is 19.5 Å². The number of carbonyl (C=O) groups excluding carboxylic acids is 3. The Morgan fingerprint density at radius 1 is 1.19 bits per heavy atom. The van der Waals surface area contributed by atoms with Gasteiger partial charge in [0.2, 0.25) is 5.91 Å². The summed E-state index contributed by atoms with van der Waals surface area (Å²) in [5, 5.41) is 12.0. The van der Waals surface area contributed by atoms with Gasteiger partial charge >= 0.3 is 0 Å². The minimum Gasteiger partial charge on any atom is -0.504 e. The van der Waals surface area contributed by atoms with Crippen molar-refractivity contribution in [3.05, 3.63) is 58.5 Å². The first-order valence-electron chi connectivity index (χ1n) is 9.89. The number of hydrogen-bond donors (Lipinski definition) is 2. The Morgan fingerprint density at radius 2 is 1.90 bits per heavy atom. The Morgan fingerprint density at radius 3 is 2.55 bits per heavy atom. The van der Waals surface area contributed by atoms with Crippen molar-refractivity contribution in [2.45, 2.75) is 26.7 Å². The molecule has 8 heteroatoms. The molecule has 0 radical (unpaired) electrons. The average Bonchev–Trinajstić information content (AvgIpc) is 2.98. The van der Waals surface area contributed by atoms with Crippen LogP contribution in [0.3, 0.4) is 0 Å². The summed E-state index contributed by atoms with van der Waals surface area (Å²) in [5.41, 5.74) is 2.35. The first-order chi connectivity index (χ1) is 14.8. The lowest BCUT2D eigenvalue weighted by molar-refractivity contribution is -0.127. The fourth-order valence-electron chi connectivity index (χ4n) is 2.97. The molecule has 2 aromatic carbocycles. The number of anilines is 1. The number of nitrogens with zero attached hydrogens (tertiary/aromatic N) is 1. The predicted molar refractivity (Wildman–Crippen MR) is 121 cm³/mol. The van der Waals surface area contributed by atoms with Crippen LogP contribution in [0.2, 0.25) is 0 Å². The second-order valence-corrected chi connectivity index (χ2v) is 8.25. The van der Waals surface area contributed by atoms with Crippen molar-refractivity contribution in [1.82, 2.24) is 4.90 Å². The molecule has 7 nitrogen and oxygen atoms in total. The molecular weight excluding hydrogens is 416 g/mol. The smallest absolute Gasteiger partial charge is 0.294 e. The Bertz CT molecular complexity index is 1030. The van der Waals surface area contributed by atoms with E-state index in [2.05, 4.69) is 19.2 Å². The highest BCUT2D eigenvalue weighted by molar-refractivity contribution is 8.18. The molecule has 3 rings (SSSR count). The third-order valence-electron chi connectivity index (χ3n) is 4.62. The van der Waals surface area contributed by atoms with Gasteiger partial charge in [-0.1, -0.05) is 32.0 Å². The summed E-state index contributed by atoms with van der Waals surface area (Å²) in [6, 6.07) is 12.1. The van der Waals surface area contributed by atoms with Gasteiger partial charge in [-0.25, -0.2) is 0 Å². The molecule has 31 heavy (non-hydrogen) atoms. The molecule has 3 amide bonds. The quantitative estimate of drug-likeness (QED) is 0.612. The largest absolute Gasteiger partial charge is 0.504 e. The van der Waals surface area contributed by atoms with Gasteiger partial charge in [-0.3, -0.25) is 19.3 Å². The number of aromatic hydroxyl groups is 1. The molecule has 0 bridgehead atoms. The number of phenols is 1. The van der Waals surface area contributed by atoms with Crippen LogP contribution in [0.25, 0.3) is 6.08 Å². The van der Waals surface area contributed by atoms with Crippen molar-refractivity contribution in [3.63, 3.8) is 0 Å².